The van der Waals surface area contributed by atoms with Crippen molar-refractivity contribution in [1.82, 2.24) is 14.9 Å². The second-order valence-corrected chi connectivity index (χ2v) is 9.06. The number of nitrogens with zero attached hydrogens (tertiary/aromatic N) is 3. The average Bonchev–Trinajstić information content (AvgIpc) is 3.21. The predicted molar refractivity (Wildman–Crippen MR) is 120 cm³/mol. The van der Waals surface area contributed by atoms with Crippen LogP contribution in [0.4, 0.5) is 10.1 Å². The summed E-state index contributed by atoms with van der Waals surface area (Å²) in [4.78, 5) is 28.5. The summed E-state index contributed by atoms with van der Waals surface area (Å²) in [5.74, 6) is -1.26. The molecule has 1 N–H and O–H groups in total. The van der Waals surface area contributed by atoms with Gasteiger partial charge in [-0.2, -0.15) is 0 Å². The van der Waals surface area contributed by atoms with Crippen molar-refractivity contribution < 1.29 is 14.0 Å². The molecule has 0 aliphatic heterocycles. The van der Waals surface area contributed by atoms with E-state index < -0.39 is 23.3 Å². The molecule has 0 aliphatic rings. The Balaban J connectivity index is 2.21. The molecule has 1 aromatic heterocycles. The van der Waals surface area contributed by atoms with E-state index in [4.69, 9.17) is 0 Å². The van der Waals surface area contributed by atoms with Gasteiger partial charge >= 0.3 is 0 Å². The second kappa shape index (κ2) is 8.93. The molecule has 162 valence electrons. The fourth-order valence-corrected chi connectivity index (χ4v) is 3.75. The van der Waals surface area contributed by atoms with Gasteiger partial charge in [-0.15, -0.1) is 5.10 Å². The Hall–Kier alpha value is -3.13. The third-order valence-corrected chi connectivity index (χ3v) is 5.10. The average molecular weight is 441 g/mol. The van der Waals surface area contributed by atoms with Gasteiger partial charge in [0.25, 0.3) is 5.91 Å². The highest BCUT2D eigenvalue weighted by Crippen LogP contribution is 2.33. The Morgan fingerprint density at radius 2 is 1.77 bits per heavy atom. The highest BCUT2D eigenvalue weighted by molar-refractivity contribution is 7.03. The zero-order valence-electron chi connectivity index (χ0n) is 18.1. The maximum atomic E-state index is 13.6. The Bertz CT molecular complexity index is 1080. The molecule has 2 aromatic carbocycles. The molecule has 0 radical (unpaired) electrons. The summed E-state index contributed by atoms with van der Waals surface area (Å²) < 4.78 is 17.4. The van der Waals surface area contributed by atoms with Gasteiger partial charge in [0.15, 0.2) is 5.69 Å². The minimum Gasteiger partial charge on any atom is -0.349 e. The van der Waals surface area contributed by atoms with Crippen LogP contribution in [-0.4, -0.2) is 26.9 Å². The number of aromatic nitrogens is 2. The van der Waals surface area contributed by atoms with E-state index in [1.807, 2.05) is 52.8 Å². The zero-order chi connectivity index (χ0) is 22.8. The number of benzene rings is 2. The van der Waals surface area contributed by atoms with Gasteiger partial charge in [0, 0.05) is 16.6 Å². The van der Waals surface area contributed by atoms with Gasteiger partial charge in [-0.05, 0) is 75.5 Å². The highest BCUT2D eigenvalue weighted by atomic mass is 32.1. The first-order valence-electron chi connectivity index (χ1n) is 9.82. The molecule has 0 saturated heterocycles. The molecular formula is C23H25FN4O2S. The third-order valence-electron chi connectivity index (χ3n) is 4.60. The Morgan fingerprint density at radius 3 is 2.32 bits per heavy atom. The SMILES string of the molecule is Cc1ccc(N(C(=O)c2csnn2)C(C(=O)NC(C)(C)C)c2ccc(F)cc2)c(C)c1. The maximum absolute atomic E-state index is 13.6. The Labute approximate surface area is 185 Å². The predicted octanol–water partition coefficient (Wildman–Crippen LogP) is 4.60. The number of halogens is 1. The van der Waals surface area contributed by atoms with Crippen molar-refractivity contribution in [2.24, 2.45) is 0 Å². The molecule has 1 heterocycles. The van der Waals surface area contributed by atoms with E-state index >= 15 is 0 Å². The summed E-state index contributed by atoms with van der Waals surface area (Å²) in [6.07, 6.45) is 0. The molecule has 0 saturated carbocycles. The van der Waals surface area contributed by atoms with E-state index in [-0.39, 0.29) is 11.6 Å². The standard InChI is InChI=1S/C23H25FN4O2S/c1-14-6-11-19(15(2)12-14)28(22(30)18-13-31-27-26-18)20(21(29)25-23(3,4)5)16-7-9-17(24)10-8-16/h6-13,20H,1-5H3,(H,25,29). The number of anilines is 1. The lowest BCUT2D eigenvalue weighted by atomic mass is 9.99. The number of hydrogen-bond donors (Lipinski definition) is 1. The summed E-state index contributed by atoms with van der Waals surface area (Å²) in [6, 6.07) is 10.2. The molecule has 3 aromatic rings. The largest absolute Gasteiger partial charge is 0.349 e. The molecule has 6 nitrogen and oxygen atoms in total. The summed E-state index contributed by atoms with van der Waals surface area (Å²) in [6.45, 7) is 9.42. The lowest BCUT2D eigenvalue weighted by molar-refractivity contribution is -0.123. The fourth-order valence-electron chi connectivity index (χ4n) is 3.32. The van der Waals surface area contributed by atoms with Crippen LogP contribution >= 0.6 is 11.5 Å². The summed E-state index contributed by atoms with van der Waals surface area (Å²) >= 11 is 1.06. The van der Waals surface area contributed by atoms with Crippen LogP contribution in [0.3, 0.4) is 0 Å². The molecule has 0 bridgehead atoms. The minimum absolute atomic E-state index is 0.139. The van der Waals surface area contributed by atoms with Crippen LogP contribution < -0.4 is 10.2 Å². The third kappa shape index (κ3) is 5.32. The molecule has 2 amide bonds. The van der Waals surface area contributed by atoms with Crippen LogP contribution in [0.2, 0.25) is 0 Å². The van der Waals surface area contributed by atoms with Gasteiger partial charge in [0.05, 0.1) is 0 Å². The van der Waals surface area contributed by atoms with Crippen molar-refractivity contribution in [3.05, 3.63) is 76.0 Å². The first-order chi connectivity index (χ1) is 14.6. The molecule has 0 aliphatic carbocycles. The number of aryl methyl sites for hydroxylation is 2. The molecule has 0 fully saturated rings. The molecule has 1 unspecified atom stereocenters. The van der Waals surface area contributed by atoms with Crippen molar-refractivity contribution in [1.29, 1.82) is 0 Å². The van der Waals surface area contributed by atoms with E-state index in [1.165, 1.54) is 29.2 Å². The molecule has 1 atom stereocenters. The van der Waals surface area contributed by atoms with Gasteiger partial charge in [0.1, 0.15) is 11.9 Å². The van der Waals surface area contributed by atoms with Gasteiger partial charge < -0.3 is 5.32 Å². The van der Waals surface area contributed by atoms with E-state index in [2.05, 4.69) is 14.9 Å². The van der Waals surface area contributed by atoms with E-state index in [1.54, 1.807) is 5.38 Å². The number of nitrogens with one attached hydrogen (secondary N) is 1. The topological polar surface area (TPSA) is 75.2 Å². The minimum atomic E-state index is -1.03. The van der Waals surface area contributed by atoms with Crippen LogP contribution in [0, 0.1) is 19.7 Å². The highest BCUT2D eigenvalue weighted by Gasteiger charge is 2.36. The maximum Gasteiger partial charge on any atom is 0.280 e. The number of carbonyl (C=O) groups excluding carboxylic acids is 2. The monoisotopic (exact) mass is 440 g/mol. The van der Waals surface area contributed by atoms with Crippen molar-refractivity contribution in [2.45, 2.75) is 46.2 Å². The van der Waals surface area contributed by atoms with Crippen molar-refractivity contribution in [2.75, 3.05) is 4.90 Å². The Morgan fingerprint density at radius 1 is 1.10 bits per heavy atom. The summed E-state index contributed by atoms with van der Waals surface area (Å²) in [5, 5.41) is 8.42. The van der Waals surface area contributed by atoms with Gasteiger partial charge in [-0.3, -0.25) is 14.5 Å². The van der Waals surface area contributed by atoms with Crippen molar-refractivity contribution in [3.63, 3.8) is 0 Å². The van der Waals surface area contributed by atoms with E-state index in [0.717, 1.165) is 22.7 Å². The summed E-state index contributed by atoms with van der Waals surface area (Å²) in [7, 11) is 0. The van der Waals surface area contributed by atoms with E-state index in [0.29, 0.717) is 11.3 Å². The zero-order valence-corrected chi connectivity index (χ0v) is 19.0. The molecule has 3 rings (SSSR count). The summed E-state index contributed by atoms with van der Waals surface area (Å²) in [5.41, 5.74) is 2.52. The van der Waals surface area contributed by atoms with Gasteiger partial charge in [-0.1, -0.05) is 34.3 Å². The first kappa shape index (κ1) is 22.6. The lowest BCUT2D eigenvalue weighted by Gasteiger charge is -2.34. The normalized spacial score (nSPS) is 12.3. The fraction of sp³-hybridized carbons (Fsp3) is 0.304. The molecule has 8 heteroatoms. The number of hydrogen-bond acceptors (Lipinski definition) is 5. The smallest absolute Gasteiger partial charge is 0.280 e. The Kier molecular flexibility index (Phi) is 6.50. The van der Waals surface area contributed by atoms with Crippen LogP contribution in [-0.2, 0) is 4.79 Å². The second-order valence-electron chi connectivity index (χ2n) is 8.45. The van der Waals surface area contributed by atoms with Crippen LogP contribution in [0.15, 0.2) is 47.8 Å². The lowest BCUT2D eigenvalue weighted by Crippen LogP contribution is -2.49. The molecule has 0 spiro atoms. The van der Waals surface area contributed by atoms with Crippen LogP contribution in [0.1, 0.15) is 54.0 Å². The van der Waals surface area contributed by atoms with Crippen LogP contribution in [0.25, 0.3) is 0 Å². The van der Waals surface area contributed by atoms with Crippen LogP contribution in [0.5, 0.6) is 0 Å². The van der Waals surface area contributed by atoms with Crippen molar-refractivity contribution >= 4 is 29.0 Å². The number of amides is 2. The van der Waals surface area contributed by atoms with Crippen molar-refractivity contribution in [3.8, 4) is 0 Å². The quantitative estimate of drug-likeness (QED) is 0.629. The molecular weight excluding hydrogens is 415 g/mol. The number of carbonyl (C=O) groups is 2. The van der Waals surface area contributed by atoms with Gasteiger partial charge in [0.2, 0.25) is 5.91 Å². The van der Waals surface area contributed by atoms with Gasteiger partial charge in [-0.25, -0.2) is 4.39 Å². The van der Waals surface area contributed by atoms with E-state index in [9.17, 15) is 14.0 Å². The molecule has 31 heavy (non-hydrogen) atoms. The first-order valence-corrected chi connectivity index (χ1v) is 10.7. The number of rotatable bonds is 5.